The van der Waals surface area contributed by atoms with Crippen molar-refractivity contribution in [2.24, 2.45) is 7.05 Å². The van der Waals surface area contributed by atoms with Gasteiger partial charge in [-0.1, -0.05) is 6.92 Å². The van der Waals surface area contributed by atoms with Crippen LogP contribution in [0.5, 0.6) is 0 Å². The highest BCUT2D eigenvalue weighted by atomic mass is 16.2. The molecule has 98 valence electrons. The molecule has 1 unspecified atom stereocenters. The van der Waals surface area contributed by atoms with Gasteiger partial charge in [-0.15, -0.1) is 0 Å². The number of aryl methyl sites for hydroxylation is 1. The lowest BCUT2D eigenvalue weighted by atomic mass is 10.2. The molecule has 1 aromatic heterocycles. The van der Waals surface area contributed by atoms with Crippen LogP contribution in [0.1, 0.15) is 25.5 Å². The molecule has 1 aliphatic heterocycles. The topological polar surface area (TPSA) is 67.2 Å². The van der Waals surface area contributed by atoms with E-state index in [0.717, 1.165) is 12.1 Å². The molecule has 2 amide bonds. The molecule has 1 aliphatic rings. The van der Waals surface area contributed by atoms with E-state index in [4.69, 9.17) is 0 Å². The normalized spacial score (nSPS) is 19.9. The molecule has 1 N–H and O–H groups in total. The minimum absolute atomic E-state index is 0.0793. The molecule has 0 bridgehead atoms. The van der Waals surface area contributed by atoms with Gasteiger partial charge in [0.05, 0.1) is 18.2 Å². The van der Waals surface area contributed by atoms with Crippen LogP contribution in [-0.4, -0.2) is 39.1 Å². The van der Waals surface area contributed by atoms with E-state index in [1.807, 2.05) is 20.0 Å². The van der Waals surface area contributed by atoms with Gasteiger partial charge < -0.3 is 0 Å². The van der Waals surface area contributed by atoms with Crippen LogP contribution in [0.2, 0.25) is 0 Å². The van der Waals surface area contributed by atoms with Gasteiger partial charge in [0.2, 0.25) is 11.8 Å². The number of amides is 2. The first kappa shape index (κ1) is 12.8. The minimum Gasteiger partial charge on any atom is -0.300 e. The van der Waals surface area contributed by atoms with E-state index < -0.39 is 0 Å². The number of aromatic nitrogens is 2. The standard InChI is InChI=1S/C12H18N4O2/c1-3-6-16-11(17)7-10(12(16)18)13-8-9-4-5-14-15(9)2/h4-5,10,13H,3,6-8H2,1-2H3. The van der Waals surface area contributed by atoms with E-state index in [-0.39, 0.29) is 24.3 Å². The molecule has 0 aromatic carbocycles. The Morgan fingerprint density at radius 1 is 1.50 bits per heavy atom. The van der Waals surface area contributed by atoms with Crippen LogP contribution in [-0.2, 0) is 23.2 Å². The van der Waals surface area contributed by atoms with Crippen LogP contribution in [0.3, 0.4) is 0 Å². The molecule has 6 heteroatoms. The molecule has 6 nitrogen and oxygen atoms in total. The van der Waals surface area contributed by atoms with E-state index in [9.17, 15) is 9.59 Å². The lowest BCUT2D eigenvalue weighted by Crippen LogP contribution is -2.39. The van der Waals surface area contributed by atoms with E-state index in [1.54, 1.807) is 10.9 Å². The molecule has 18 heavy (non-hydrogen) atoms. The van der Waals surface area contributed by atoms with Gasteiger partial charge in [0, 0.05) is 26.3 Å². The highest BCUT2D eigenvalue weighted by Gasteiger charge is 2.37. The second-order valence-electron chi connectivity index (χ2n) is 4.47. The maximum Gasteiger partial charge on any atom is 0.246 e. The van der Waals surface area contributed by atoms with Crippen LogP contribution >= 0.6 is 0 Å². The summed E-state index contributed by atoms with van der Waals surface area (Å²) < 4.78 is 1.75. The van der Waals surface area contributed by atoms with E-state index >= 15 is 0 Å². The second-order valence-corrected chi connectivity index (χ2v) is 4.47. The predicted octanol–water partition coefficient (Wildman–Crippen LogP) is 0.0472. The summed E-state index contributed by atoms with van der Waals surface area (Å²) in [5, 5.41) is 7.18. The minimum atomic E-state index is -0.390. The summed E-state index contributed by atoms with van der Waals surface area (Å²) in [5.74, 6) is -0.187. The second kappa shape index (κ2) is 5.30. The van der Waals surface area contributed by atoms with E-state index in [0.29, 0.717) is 13.1 Å². The first-order chi connectivity index (χ1) is 8.63. The Labute approximate surface area is 106 Å². The van der Waals surface area contributed by atoms with Gasteiger partial charge in [-0.2, -0.15) is 5.10 Å². The maximum absolute atomic E-state index is 12.0. The summed E-state index contributed by atoms with van der Waals surface area (Å²) in [5.41, 5.74) is 0.990. The van der Waals surface area contributed by atoms with Crippen molar-refractivity contribution in [3.8, 4) is 0 Å². The zero-order chi connectivity index (χ0) is 13.1. The molecule has 2 rings (SSSR count). The first-order valence-electron chi connectivity index (χ1n) is 6.18. The molecule has 0 aliphatic carbocycles. The monoisotopic (exact) mass is 250 g/mol. The average Bonchev–Trinajstić information content (AvgIpc) is 2.86. The van der Waals surface area contributed by atoms with Crippen LogP contribution in [0, 0.1) is 0 Å². The Balaban J connectivity index is 1.93. The Morgan fingerprint density at radius 2 is 2.28 bits per heavy atom. The fourth-order valence-corrected chi connectivity index (χ4v) is 2.10. The number of nitrogens with one attached hydrogen (secondary N) is 1. The fraction of sp³-hybridized carbons (Fsp3) is 0.583. The summed E-state index contributed by atoms with van der Waals surface area (Å²) in [6, 6.07) is 1.50. The van der Waals surface area contributed by atoms with Crippen molar-refractivity contribution in [3.63, 3.8) is 0 Å². The lowest BCUT2D eigenvalue weighted by molar-refractivity contribution is -0.138. The zero-order valence-corrected chi connectivity index (χ0v) is 10.7. The number of carbonyl (C=O) groups is 2. The van der Waals surface area contributed by atoms with Crippen molar-refractivity contribution in [3.05, 3.63) is 18.0 Å². The van der Waals surface area contributed by atoms with Gasteiger partial charge in [-0.3, -0.25) is 24.5 Å². The Hall–Kier alpha value is -1.69. The highest BCUT2D eigenvalue weighted by molar-refractivity contribution is 6.05. The summed E-state index contributed by atoms with van der Waals surface area (Å²) in [7, 11) is 1.85. The molecule has 1 aromatic rings. The predicted molar refractivity (Wildman–Crippen MR) is 65.5 cm³/mol. The Bertz CT molecular complexity index is 455. The van der Waals surface area contributed by atoms with Crippen molar-refractivity contribution >= 4 is 11.8 Å². The van der Waals surface area contributed by atoms with Crippen molar-refractivity contribution < 1.29 is 9.59 Å². The summed E-state index contributed by atoms with van der Waals surface area (Å²) in [6.45, 7) is 3.01. The van der Waals surface area contributed by atoms with Gasteiger partial charge in [-0.25, -0.2) is 0 Å². The number of nitrogens with zero attached hydrogens (tertiary/aromatic N) is 3. The molecule has 0 radical (unpaired) electrons. The molecular formula is C12H18N4O2. The number of hydrogen-bond acceptors (Lipinski definition) is 4. The molecular weight excluding hydrogens is 232 g/mol. The fourth-order valence-electron chi connectivity index (χ4n) is 2.10. The third-order valence-electron chi connectivity index (χ3n) is 3.14. The quantitative estimate of drug-likeness (QED) is 0.750. The largest absolute Gasteiger partial charge is 0.300 e. The number of rotatable bonds is 5. The van der Waals surface area contributed by atoms with Gasteiger partial charge in [0.25, 0.3) is 0 Å². The third-order valence-corrected chi connectivity index (χ3v) is 3.14. The van der Waals surface area contributed by atoms with Crippen LogP contribution in [0.15, 0.2) is 12.3 Å². The highest BCUT2D eigenvalue weighted by Crippen LogP contribution is 2.14. The summed E-state index contributed by atoms with van der Waals surface area (Å²) in [4.78, 5) is 25.0. The molecule has 0 spiro atoms. The number of imide groups is 1. The molecule has 1 fully saturated rings. The van der Waals surface area contributed by atoms with Crippen molar-refractivity contribution in [1.29, 1.82) is 0 Å². The lowest BCUT2D eigenvalue weighted by Gasteiger charge is -2.14. The molecule has 0 saturated carbocycles. The number of carbonyl (C=O) groups excluding carboxylic acids is 2. The first-order valence-corrected chi connectivity index (χ1v) is 6.18. The van der Waals surface area contributed by atoms with Crippen molar-refractivity contribution in [2.75, 3.05) is 6.54 Å². The third kappa shape index (κ3) is 2.43. The Kier molecular flexibility index (Phi) is 3.76. The molecule has 1 atom stereocenters. The van der Waals surface area contributed by atoms with Gasteiger partial charge >= 0.3 is 0 Å². The van der Waals surface area contributed by atoms with E-state index in [1.165, 1.54) is 4.90 Å². The van der Waals surface area contributed by atoms with E-state index in [2.05, 4.69) is 10.4 Å². The molecule has 2 heterocycles. The average molecular weight is 250 g/mol. The smallest absolute Gasteiger partial charge is 0.246 e. The van der Waals surface area contributed by atoms with Crippen LogP contribution < -0.4 is 5.32 Å². The molecule has 1 saturated heterocycles. The summed E-state index contributed by atoms with van der Waals surface area (Å²) >= 11 is 0. The van der Waals surface area contributed by atoms with Gasteiger partial charge in [0.15, 0.2) is 0 Å². The zero-order valence-electron chi connectivity index (χ0n) is 10.7. The van der Waals surface area contributed by atoms with Crippen LogP contribution in [0.25, 0.3) is 0 Å². The summed E-state index contributed by atoms with van der Waals surface area (Å²) in [6.07, 6.45) is 2.77. The van der Waals surface area contributed by atoms with Crippen molar-refractivity contribution in [1.82, 2.24) is 20.0 Å². The Morgan fingerprint density at radius 3 is 2.89 bits per heavy atom. The van der Waals surface area contributed by atoms with Gasteiger partial charge in [0.1, 0.15) is 0 Å². The SMILES string of the molecule is CCCN1C(=O)CC(NCc2ccnn2C)C1=O. The maximum atomic E-state index is 12.0. The van der Waals surface area contributed by atoms with Crippen molar-refractivity contribution in [2.45, 2.75) is 32.4 Å². The number of hydrogen-bond donors (Lipinski definition) is 1. The van der Waals surface area contributed by atoms with Gasteiger partial charge in [-0.05, 0) is 12.5 Å². The number of likely N-dealkylation sites (tertiary alicyclic amines) is 1. The van der Waals surface area contributed by atoms with Crippen LogP contribution in [0.4, 0.5) is 0 Å².